The van der Waals surface area contributed by atoms with Gasteiger partial charge >= 0.3 is 0 Å². The molecular formula is C30H31N5O3S. The zero-order valence-corrected chi connectivity index (χ0v) is 22.9. The summed E-state index contributed by atoms with van der Waals surface area (Å²) in [5.74, 6) is 0.674. The number of hydrogen-bond acceptors (Lipinski definition) is 5. The Morgan fingerprint density at radius 3 is 2.59 bits per heavy atom. The third-order valence-electron chi connectivity index (χ3n) is 7.07. The quantitative estimate of drug-likeness (QED) is 0.264. The van der Waals surface area contributed by atoms with Crippen molar-refractivity contribution in [3.8, 4) is 17.2 Å². The largest absolute Gasteiger partial charge is 0.506 e. The fraction of sp³-hybridized carbons (Fsp3) is 0.233. The Kier molecular flexibility index (Phi) is 7.51. The summed E-state index contributed by atoms with van der Waals surface area (Å²) in [5, 5.41) is 17.6. The highest BCUT2D eigenvalue weighted by Crippen LogP contribution is 2.42. The molecule has 1 aliphatic rings. The summed E-state index contributed by atoms with van der Waals surface area (Å²) in [6, 6.07) is 22.1. The number of nitrogens with zero attached hydrogens (tertiary/aromatic N) is 3. The third kappa shape index (κ3) is 5.18. The number of anilines is 1. The van der Waals surface area contributed by atoms with Crippen molar-refractivity contribution in [2.24, 2.45) is 0 Å². The lowest BCUT2D eigenvalue weighted by atomic mass is 9.96. The van der Waals surface area contributed by atoms with Gasteiger partial charge in [-0.1, -0.05) is 30.3 Å². The monoisotopic (exact) mass is 541 g/mol. The number of amides is 1. The van der Waals surface area contributed by atoms with Crippen molar-refractivity contribution in [2.45, 2.75) is 32.4 Å². The maximum Gasteiger partial charge on any atom is 0.226 e. The Labute approximate surface area is 233 Å². The minimum atomic E-state index is -0.214. The van der Waals surface area contributed by atoms with Gasteiger partial charge in [0.05, 0.1) is 36.3 Å². The van der Waals surface area contributed by atoms with Gasteiger partial charge in [-0.3, -0.25) is 9.78 Å². The Morgan fingerprint density at radius 1 is 1.10 bits per heavy atom. The number of pyridine rings is 1. The van der Waals surface area contributed by atoms with Crippen LogP contribution in [0.25, 0.3) is 5.69 Å². The molecule has 5 rings (SSSR count). The van der Waals surface area contributed by atoms with Gasteiger partial charge in [-0.2, -0.15) is 0 Å². The maximum absolute atomic E-state index is 13.0. The number of carbonyl (C=O) groups is 1. The number of carbonyl (C=O) groups excluding carboxylic acids is 1. The number of para-hydroxylation sites is 4. The molecule has 3 N–H and O–H groups in total. The number of benzene rings is 2. The summed E-state index contributed by atoms with van der Waals surface area (Å²) < 4.78 is 7.42. The minimum Gasteiger partial charge on any atom is -0.506 e. The summed E-state index contributed by atoms with van der Waals surface area (Å²) in [6.07, 6.45) is 2.00. The average molecular weight is 542 g/mol. The molecule has 9 heteroatoms. The second-order valence-electron chi connectivity index (χ2n) is 9.47. The van der Waals surface area contributed by atoms with Crippen molar-refractivity contribution >= 4 is 28.9 Å². The van der Waals surface area contributed by atoms with E-state index in [1.807, 2.05) is 79.1 Å². The fourth-order valence-electron chi connectivity index (χ4n) is 5.28. The van der Waals surface area contributed by atoms with E-state index in [-0.39, 0.29) is 30.2 Å². The molecule has 3 heterocycles. The van der Waals surface area contributed by atoms with E-state index in [0.717, 1.165) is 22.6 Å². The smallest absolute Gasteiger partial charge is 0.226 e. The molecule has 1 amide bonds. The lowest BCUT2D eigenvalue weighted by Crippen LogP contribution is -2.33. The number of rotatable bonds is 8. The molecule has 2 aromatic heterocycles. The Morgan fingerprint density at radius 2 is 1.85 bits per heavy atom. The summed E-state index contributed by atoms with van der Waals surface area (Å²) in [4.78, 5) is 19.7. The van der Waals surface area contributed by atoms with E-state index in [0.29, 0.717) is 28.8 Å². The number of nitrogens with one attached hydrogen (secondary N) is 2. The van der Waals surface area contributed by atoms with Gasteiger partial charge in [0, 0.05) is 30.6 Å². The van der Waals surface area contributed by atoms with Crippen molar-refractivity contribution < 1.29 is 14.6 Å². The molecule has 1 aliphatic heterocycles. The molecule has 0 radical (unpaired) electrons. The lowest BCUT2D eigenvalue weighted by Gasteiger charge is -2.28. The molecule has 2 atom stereocenters. The zero-order valence-electron chi connectivity index (χ0n) is 22.1. The predicted octanol–water partition coefficient (Wildman–Crippen LogP) is 5.20. The van der Waals surface area contributed by atoms with Crippen LogP contribution < -0.4 is 15.4 Å². The molecule has 4 aromatic rings. The van der Waals surface area contributed by atoms with Gasteiger partial charge in [0.2, 0.25) is 5.91 Å². The van der Waals surface area contributed by atoms with Crippen LogP contribution in [0, 0.1) is 13.8 Å². The van der Waals surface area contributed by atoms with E-state index in [1.54, 1.807) is 19.4 Å². The summed E-state index contributed by atoms with van der Waals surface area (Å²) in [6.45, 7) is 4.46. The Balaban J connectivity index is 1.47. The highest BCUT2D eigenvalue weighted by molar-refractivity contribution is 7.80. The molecule has 1 saturated heterocycles. The van der Waals surface area contributed by atoms with E-state index in [9.17, 15) is 9.90 Å². The maximum atomic E-state index is 13.0. The first kappa shape index (κ1) is 26.2. The molecule has 0 unspecified atom stereocenters. The molecule has 0 aliphatic carbocycles. The molecule has 1 fully saturated rings. The lowest BCUT2D eigenvalue weighted by molar-refractivity contribution is -0.116. The van der Waals surface area contributed by atoms with Crippen LogP contribution in [-0.4, -0.2) is 44.2 Å². The van der Waals surface area contributed by atoms with Gasteiger partial charge in [-0.15, -0.1) is 0 Å². The van der Waals surface area contributed by atoms with Crippen molar-refractivity contribution in [1.29, 1.82) is 0 Å². The molecule has 0 bridgehead atoms. The van der Waals surface area contributed by atoms with Gasteiger partial charge in [0.1, 0.15) is 11.5 Å². The van der Waals surface area contributed by atoms with Crippen molar-refractivity contribution in [3.63, 3.8) is 0 Å². The molecule has 0 spiro atoms. The molecule has 8 nitrogen and oxygen atoms in total. The van der Waals surface area contributed by atoms with E-state index < -0.39 is 0 Å². The van der Waals surface area contributed by atoms with Crippen LogP contribution in [0.2, 0.25) is 0 Å². The van der Waals surface area contributed by atoms with Crippen LogP contribution in [-0.2, 0) is 4.79 Å². The van der Waals surface area contributed by atoms with Crippen LogP contribution in [0.5, 0.6) is 11.5 Å². The van der Waals surface area contributed by atoms with Crippen LogP contribution in [0.1, 0.15) is 41.1 Å². The van der Waals surface area contributed by atoms with Crippen molar-refractivity contribution in [1.82, 2.24) is 19.8 Å². The van der Waals surface area contributed by atoms with Crippen LogP contribution >= 0.6 is 12.2 Å². The SMILES string of the molecule is COc1ccccc1NC(=O)CCN1C(=S)N[C@@H](c2ccccn2)[C@@H]1c1cc(C)n(-c2ccccc2O)c1C. The average Bonchev–Trinajstić information content (AvgIpc) is 3.42. The standard InChI is InChI=1S/C30H31N5O3S/c1-19-18-21(20(2)35(19)24-12-5-6-13-25(24)36)29-28(23-11-8-9-16-31-23)33-30(39)34(29)17-15-27(37)32-22-10-4-7-14-26(22)38-3/h4-14,16,18,28-29,36H,15,17H2,1-3H3,(H,32,37)(H,33,39)/t28-,29-/m0/s1. The van der Waals surface area contributed by atoms with Gasteiger partial charge in [-0.05, 0) is 74.1 Å². The zero-order chi connectivity index (χ0) is 27.5. The summed E-state index contributed by atoms with van der Waals surface area (Å²) >= 11 is 5.80. The highest BCUT2D eigenvalue weighted by atomic mass is 32.1. The predicted molar refractivity (Wildman–Crippen MR) is 155 cm³/mol. The molecular weight excluding hydrogens is 510 g/mol. The van der Waals surface area contributed by atoms with Gasteiger partial charge in [0.15, 0.2) is 5.11 Å². The second kappa shape index (κ2) is 11.2. The number of thiocarbonyl (C=S) groups is 1. The Bertz CT molecular complexity index is 1500. The van der Waals surface area contributed by atoms with E-state index >= 15 is 0 Å². The number of aromatic hydroxyl groups is 1. The number of methoxy groups -OCH3 is 1. The summed E-state index contributed by atoms with van der Waals surface area (Å²) in [7, 11) is 1.58. The first-order chi connectivity index (χ1) is 18.9. The third-order valence-corrected chi connectivity index (χ3v) is 7.42. The number of aryl methyl sites for hydroxylation is 1. The molecule has 200 valence electrons. The number of hydrogen-bond donors (Lipinski definition) is 3. The fourth-order valence-corrected chi connectivity index (χ4v) is 5.61. The highest BCUT2D eigenvalue weighted by Gasteiger charge is 2.41. The summed E-state index contributed by atoms with van der Waals surface area (Å²) in [5.41, 5.74) is 5.21. The normalized spacial score (nSPS) is 16.7. The molecule has 0 saturated carbocycles. The number of ether oxygens (including phenoxy) is 1. The number of phenolic OH excluding ortho intramolecular Hbond substituents is 1. The van der Waals surface area contributed by atoms with Gasteiger partial charge in [0.25, 0.3) is 0 Å². The van der Waals surface area contributed by atoms with Crippen LogP contribution in [0.4, 0.5) is 5.69 Å². The topological polar surface area (TPSA) is 91.7 Å². The molecule has 39 heavy (non-hydrogen) atoms. The first-order valence-corrected chi connectivity index (χ1v) is 13.2. The van der Waals surface area contributed by atoms with Crippen molar-refractivity contribution in [3.05, 3.63) is 102 Å². The van der Waals surface area contributed by atoms with E-state index in [4.69, 9.17) is 17.0 Å². The number of aromatic nitrogens is 2. The molecule has 2 aromatic carbocycles. The number of phenols is 1. The van der Waals surface area contributed by atoms with Crippen LogP contribution in [0.3, 0.4) is 0 Å². The Hall–Kier alpha value is -4.37. The van der Waals surface area contributed by atoms with Crippen LogP contribution in [0.15, 0.2) is 79.0 Å². The first-order valence-electron chi connectivity index (χ1n) is 12.8. The van der Waals surface area contributed by atoms with E-state index in [2.05, 4.69) is 26.6 Å². The minimum absolute atomic E-state index is 0.137. The van der Waals surface area contributed by atoms with Crippen molar-refractivity contribution in [2.75, 3.05) is 19.0 Å². The van der Waals surface area contributed by atoms with E-state index in [1.165, 1.54) is 0 Å². The second-order valence-corrected chi connectivity index (χ2v) is 9.86. The van der Waals surface area contributed by atoms with Gasteiger partial charge < -0.3 is 29.9 Å². The van der Waals surface area contributed by atoms with Gasteiger partial charge in [-0.25, -0.2) is 0 Å².